The summed E-state index contributed by atoms with van der Waals surface area (Å²) in [5.41, 5.74) is 0.584. The first-order chi connectivity index (χ1) is 9.45. The second kappa shape index (κ2) is 7.94. The maximum Gasteiger partial charge on any atom is 0.323 e. The summed E-state index contributed by atoms with van der Waals surface area (Å²) in [6, 6.07) is 7.37. The predicted octanol–water partition coefficient (Wildman–Crippen LogP) is 3.12. The molecule has 1 aromatic rings. The van der Waals surface area contributed by atoms with Gasteiger partial charge in [0.05, 0.1) is 5.56 Å². The van der Waals surface area contributed by atoms with E-state index in [9.17, 15) is 9.59 Å². The number of hydrogen-bond acceptors (Lipinski definition) is 3. The number of hydrogen-bond donors (Lipinski definition) is 1. The molecule has 4 nitrogen and oxygen atoms in total. The highest BCUT2D eigenvalue weighted by Gasteiger charge is 2.20. The van der Waals surface area contributed by atoms with Crippen molar-refractivity contribution in [1.29, 1.82) is 0 Å². The minimum atomic E-state index is -0.985. The number of nitrogens with zero attached hydrogens (tertiary/aromatic N) is 1. The van der Waals surface area contributed by atoms with Crippen LogP contribution in [0.4, 0.5) is 0 Å². The summed E-state index contributed by atoms with van der Waals surface area (Å²) in [6.07, 6.45) is 0.735. The maximum absolute atomic E-state index is 12.5. The molecular weight excluding hydrogens is 274 g/mol. The third-order valence-electron chi connectivity index (χ3n) is 2.59. The first kappa shape index (κ1) is 16.6. The minimum Gasteiger partial charge on any atom is -0.480 e. The molecule has 0 bridgehead atoms. The highest BCUT2D eigenvalue weighted by Crippen LogP contribution is 2.27. The molecule has 0 atom stereocenters. The molecule has 0 spiro atoms. The Hall–Kier alpha value is -1.49. The molecule has 0 aliphatic rings. The Balaban J connectivity index is 3.01. The van der Waals surface area contributed by atoms with Gasteiger partial charge in [-0.3, -0.25) is 9.59 Å². The molecule has 0 fully saturated rings. The maximum atomic E-state index is 12.5. The molecule has 110 valence electrons. The second-order valence-electron chi connectivity index (χ2n) is 4.78. The number of aliphatic carboxylic acids is 1. The third-order valence-corrected chi connectivity index (χ3v) is 3.67. The molecule has 1 aromatic carbocycles. The van der Waals surface area contributed by atoms with E-state index >= 15 is 0 Å². The zero-order chi connectivity index (χ0) is 15.1. The van der Waals surface area contributed by atoms with Gasteiger partial charge in [-0.15, -0.1) is 11.8 Å². The molecule has 0 saturated carbocycles. The molecule has 0 aromatic heterocycles. The zero-order valence-corrected chi connectivity index (χ0v) is 12.9. The van der Waals surface area contributed by atoms with Crippen LogP contribution in [-0.2, 0) is 4.79 Å². The average Bonchev–Trinajstić information content (AvgIpc) is 2.37. The van der Waals surface area contributed by atoms with Crippen LogP contribution < -0.4 is 0 Å². The van der Waals surface area contributed by atoms with Crippen molar-refractivity contribution < 1.29 is 14.7 Å². The Bertz CT molecular complexity index is 474. The lowest BCUT2D eigenvalue weighted by Crippen LogP contribution is -2.36. The van der Waals surface area contributed by atoms with Gasteiger partial charge in [0.25, 0.3) is 5.91 Å². The van der Waals surface area contributed by atoms with E-state index in [1.807, 2.05) is 25.1 Å². The topological polar surface area (TPSA) is 57.6 Å². The van der Waals surface area contributed by atoms with Crippen molar-refractivity contribution in [2.75, 3.05) is 13.1 Å². The van der Waals surface area contributed by atoms with E-state index in [0.29, 0.717) is 17.4 Å². The number of rotatable bonds is 7. The molecule has 0 saturated heterocycles. The fourth-order valence-electron chi connectivity index (χ4n) is 1.86. The number of carbonyl (C=O) groups excluding carboxylic acids is 1. The van der Waals surface area contributed by atoms with E-state index in [2.05, 4.69) is 13.8 Å². The normalized spacial score (nSPS) is 10.6. The Morgan fingerprint density at radius 1 is 1.30 bits per heavy atom. The van der Waals surface area contributed by atoms with Crippen LogP contribution in [0.2, 0.25) is 0 Å². The zero-order valence-electron chi connectivity index (χ0n) is 12.1. The van der Waals surface area contributed by atoms with Crippen molar-refractivity contribution in [3.05, 3.63) is 29.8 Å². The summed E-state index contributed by atoms with van der Waals surface area (Å²) in [5.74, 6) is -1.20. The van der Waals surface area contributed by atoms with E-state index in [4.69, 9.17) is 5.11 Å². The Morgan fingerprint density at radius 3 is 2.50 bits per heavy atom. The molecule has 0 unspecified atom stereocenters. The van der Waals surface area contributed by atoms with Crippen LogP contribution in [0.25, 0.3) is 0 Å². The average molecular weight is 295 g/mol. The summed E-state index contributed by atoms with van der Waals surface area (Å²) < 4.78 is 0. The first-order valence-corrected chi connectivity index (χ1v) is 7.60. The van der Waals surface area contributed by atoms with Crippen LogP contribution in [0.3, 0.4) is 0 Å². The predicted molar refractivity (Wildman–Crippen MR) is 81.3 cm³/mol. The lowest BCUT2D eigenvalue weighted by molar-refractivity contribution is -0.137. The summed E-state index contributed by atoms with van der Waals surface area (Å²) in [5, 5.41) is 9.29. The molecule has 5 heteroatoms. The SMILES string of the molecule is CCCN(CC(=O)O)C(=O)c1ccccc1SC(C)C. The van der Waals surface area contributed by atoms with Crippen LogP contribution in [0.5, 0.6) is 0 Å². The summed E-state index contributed by atoms with van der Waals surface area (Å²) in [4.78, 5) is 25.7. The van der Waals surface area contributed by atoms with Crippen molar-refractivity contribution in [2.45, 2.75) is 37.3 Å². The van der Waals surface area contributed by atoms with Gasteiger partial charge in [-0.05, 0) is 18.6 Å². The molecule has 20 heavy (non-hydrogen) atoms. The fraction of sp³-hybridized carbons (Fsp3) is 0.467. The lowest BCUT2D eigenvalue weighted by atomic mass is 10.2. The smallest absolute Gasteiger partial charge is 0.323 e. The number of carboxylic acid groups (broad SMARTS) is 1. The van der Waals surface area contributed by atoms with Gasteiger partial charge in [0.1, 0.15) is 6.54 Å². The van der Waals surface area contributed by atoms with Gasteiger partial charge in [-0.2, -0.15) is 0 Å². The Kier molecular flexibility index (Phi) is 6.58. The first-order valence-electron chi connectivity index (χ1n) is 6.72. The highest BCUT2D eigenvalue weighted by molar-refractivity contribution is 8.00. The van der Waals surface area contributed by atoms with Crippen LogP contribution in [-0.4, -0.2) is 40.2 Å². The summed E-state index contributed by atoms with van der Waals surface area (Å²) >= 11 is 1.61. The standard InChI is InChI=1S/C15H21NO3S/c1-4-9-16(10-14(17)18)15(19)12-7-5-6-8-13(12)20-11(2)3/h5-8,11H,4,9-10H2,1-3H3,(H,17,18). The van der Waals surface area contributed by atoms with Crippen molar-refractivity contribution in [3.8, 4) is 0 Å². The fourth-order valence-corrected chi connectivity index (χ4v) is 2.80. The van der Waals surface area contributed by atoms with E-state index in [1.54, 1.807) is 17.8 Å². The number of benzene rings is 1. The van der Waals surface area contributed by atoms with Crippen LogP contribution in [0.15, 0.2) is 29.2 Å². The van der Waals surface area contributed by atoms with E-state index in [-0.39, 0.29) is 12.5 Å². The van der Waals surface area contributed by atoms with Gasteiger partial charge in [-0.1, -0.05) is 32.9 Å². The largest absolute Gasteiger partial charge is 0.480 e. The summed E-state index contributed by atoms with van der Waals surface area (Å²) in [7, 11) is 0. The number of carboxylic acids is 1. The van der Waals surface area contributed by atoms with E-state index in [1.165, 1.54) is 4.90 Å². The molecule has 0 aliphatic heterocycles. The van der Waals surface area contributed by atoms with Gasteiger partial charge in [-0.25, -0.2) is 0 Å². The second-order valence-corrected chi connectivity index (χ2v) is 6.40. The van der Waals surface area contributed by atoms with Gasteiger partial charge < -0.3 is 10.0 Å². The van der Waals surface area contributed by atoms with Crippen LogP contribution in [0, 0.1) is 0 Å². The molecule has 0 radical (unpaired) electrons. The molecule has 0 heterocycles. The van der Waals surface area contributed by atoms with Crippen molar-refractivity contribution in [1.82, 2.24) is 4.90 Å². The van der Waals surface area contributed by atoms with Crippen LogP contribution >= 0.6 is 11.8 Å². The molecular formula is C15H21NO3S. The molecule has 1 amide bonds. The molecule has 1 N–H and O–H groups in total. The third kappa shape index (κ3) is 4.89. The lowest BCUT2D eigenvalue weighted by Gasteiger charge is -2.21. The quantitative estimate of drug-likeness (QED) is 0.785. The van der Waals surface area contributed by atoms with E-state index in [0.717, 1.165) is 11.3 Å². The Morgan fingerprint density at radius 2 is 1.95 bits per heavy atom. The Labute approximate surface area is 124 Å². The van der Waals surface area contributed by atoms with E-state index < -0.39 is 5.97 Å². The van der Waals surface area contributed by atoms with Crippen molar-refractivity contribution in [2.24, 2.45) is 0 Å². The number of carbonyl (C=O) groups is 2. The number of thioether (sulfide) groups is 1. The highest BCUT2D eigenvalue weighted by atomic mass is 32.2. The van der Waals surface area contributed by atoms with Gasteiger partial charge >= 0.3 is 5.97 Å². The van der Waals surface area contributed by atoms with Gasteiger partial charge in [0.2, 0.25) is 0 Å². The van der Waals surface area contributed by atoms with Gasteiger partial charge in [0, 0.05) is 16.7 Å². The monoisotopic (exact) mass is 295 g/mol. The van der Waals surface area contributed by atoms with Gasteiger partial charge in [0.15, 0.2) is 0 Å². The molecule has 1 rings (SSSR count). The van der Waals surface area contributed by atoms with Crippen molar-refractivity contribution in [3.63, 3.8) is 0 Å². The van der Waals surface area contributed by atoms with Crippen LogP contribution in [0.1, 0.15) is 37.6 Å². The molecule has 0 aliphatic carbocycles. The van der Waals surface area contributed by atoms with Crippen molar-refractivity contribution >= 4 is 23.6 Å². The summed E-state index contributed by atoms with van der Waals surface area (Å²) in [6.45, 7) is 6.25. The minimum absolute atomic E-state index is 0.210. The number of amides is 1.